The molecule has 1 heteroatoms. The molecule has 0 aliphatic heterocycles. The van der Waals surface area contributed by atoms with Gasteiger partial charge in [0.1, 0.15) is 0 Å². The largest absolute Gasteiger partial charge is 0.389 e. The highest BCUT2D eigenvalue weighted by Crippen LogP contribution is 2.36. The predicted octanol–water partition coefficient (Wildman–Crippen LogP) is 4.12. The van der Waals surface area contributed by atoms with E-state index in [2.05, 4.69) is 38.1 Å². The first-order chi connectivity index (χ1) is 8.67. The lowest BCUT2D eigenvalue weighted by atomic mass is 9.84. The third-order valence-corrected chi connectivity index (χ3v) is 4.37. The molecule has 0 fully saturated rings. The van der Waals surface area contributed by atoms with Crippen LogP contribution in [0.25, 0.3) is 0 Å². The highest BCUT2D eigenvalue weighted by molar-refractivity contribution is 5.35. The van der Waals surface area contributed by atoms with Crippen molar-refractivity contribution >= 4 is 0 Å². The number of aliphatic hydroxyl groups is 1. The van der Waals surface area contributed by atoms with E-state index in [4.69, 9.17) is 0 Å². The molecular formula is C17H26O. The summed E-state index contributed by atoms with van der Waals surface area (Å²) in [5, 5.41) is 10.8. The Bertz CT molecular complexity index is 358. The molecule has 18 heavy (non-hydrogen) atoms. The Morgan fingerprint density at radius 2 is 1.78 bits per heavy atom. The molecule has 0 saturated carbocycles. The maximum absolute atomic E-state index is 10.8. The van der Waals surface area contributed by atoms with Crippen LogP contribution >= 0.6 is 0 Å². The zero-order valence-corrected chi connectivity index (χ0v) is 11.8. The smallest absolute Gasteiger partial charge is 0.0730 e. The van der Waals surface area contributed by atoms with Crippen molar-refractivity contribution in [2.75, 3.05) is 0 Å². The molecule has 1 nitrogen and oxygen atoms in total. The number of hydrogen-bond donors (Lipinski definition) is 1. The zero-order chi connectivity index (χ0) is 13.0. The maximum Gasteiger partial charge on any atom is 0.0730 e. The Hall–Kier alpha value is -0.820. The fourth-order valence-electron chi connectivity index (χ4n) is 3.30. The third kappa shape index (κ3) is 3.14. The van der Waals surface area contributed by atoms with Gasteiger partial charge in [0.25, 0.3) is 0 Å². The molecule has 0 bridgehead atoms. The molecule has 1 aromatic carbocycles. The summed E-state index contributed by atoms with van der Waals surface area (Å²) in [7, 11) is 0. The molecular weight excluding hydrogens is 220 g/mol. The lowest BCUT2D eigenvalue weighted by molar-refractivity contribution is 0.0232. The van der Waals surface area contributed by atoms with Gasteiger partial charge in [-0.05, 0) is 23.5 Å². The highest BCUT2D eigenvalue weighted by Gasteiger charge is 2.36. The monoisotopic (exact) mass is 246 g/mol. The summed E-state index contributed by atoms with van der Waals surface area (Å²) in [4.78, 5) is 0. The highest BCUT2D eigenvalue weighted by atomic mass is 16.3. The van der Waals surface area contributed by atoms with Crippen LogP contribution in [-0.2, 0) is 12.8 Å². The van der Waals surface area contributed by atoms with Crippen LogP contribution in [0, 0.1) is 5.92 Å². The lowest BCUT2D eigenvalue weighted by Gasteiger charge is -2.27. The van der Waals surface area contributed by atoms with Gasteiger partial charge >= 0.3 is 0 Å². The number of unbranched alkanes of at least 4 members (excludes halogenated alkanes) is 1. The van der Waals surface area contributed by atoms with E-state index in [9.17, 15) is 5.11 Å². The molecule has 2 rings (SSSR count). The summed E-state index contributed by atoms with van der Waals surface area (Å²) in [6, 6.07) is 8.50. The van der Waals surface area contributed by atoms with E-state index in [1.165, 1.54) is 36.8 Å². The van der Waals surface area contributed by atoms with E-state index in [0.717, 1.165) is 19.3 Å². The number of fused-ring (bicyclic) bond motifs is 1. The van der Waals surface area contributed by atoms with Crippen LogP contribution < -0.4 is 0 Å². The second kappa shape index (κ2) is 5.88. The standard InChI is InChI=1S/C17H26O/c1-3-5-8-14(4-2)11-17(18)12-15-9-6-7-10-16(15)13-17/h6-7,9-10,14,18H,3-5,8,11-13H2,1-2H3. The summed E-state index contributed by atoms with van der Waals surface area (Å²) in [6.45, 7) is 4.50. The third-order valence-electron chi connectivity index (χ3n) is 4.37. The molecule has 0 amide bonds. The number of benzene rings is 1. The van der Waals surface area contributed by atoms with Crippen LogP contribution in [0.3, 0.4) is 0 Å². The van der Waals surface area contributed by atoms with Gasteiger partial charge in [0.2, 0.25) is 0 Å². The molecule has 0 radical (unpaired) electrons. The van der Waals surface area contributed by atoms with Crippen molar-refractivity contribution in [3.05, 3.63) is 35.4 Å². The molecule has 1 aliphatic carbocycles. The van der Waals surface area contributed by atoms with Gasteiger partial charge in [0, 0.05) is 12.8 Å². The Labute approximate surface area is 111 Å². The minimum atomic E-state index is -0.474. The summed E-state index contributed by atoms with van der Waals surface area (Å²) >= 11 is 0. The minimum absolute atomic E-state index is 0.474. The fraction of sp³-hybridized carbons (Fsp3) is 0.647. The second-order valence-corrected chi connectivity index (χ2v) is 5.97. The molecule has 0 heterocycles. The molecule has 1 aliphatic rings. The van der Waals surface area contributed by atoms with Crippen molar-refractivity contribution in [1.82, 2.24) is 0 Å². The Morgan fingerprint density at radius 3 is 2.28 bits per heavy atom. The maximum atomic E-state index is 10.8. The topological polar surface area (TPSA) is 20.2 Å². The van der Waals surface area contributed by atoms with Crippen LogP contribution in [0.1, 0.15) is 57.1 Å². The Balaban J connectivity index is 1.98. The van der Waals surface area contributed by atoms with Crippen molar-refractivity contribution < 1.29 is 5.11 Å². The van der Waals surface area contributed by atoms with Crippen molar-refractivity contribution in [1.29, 1.82) is 0 Å². The summed E-state index contributed by atoms with van der Waals surface area (Å²) < 4.78 is 0. The SMILES string of the molecule is CCCCC(CC)CC1(O)Cc2ccccc2C1. The van der Waals surface area contributed by atoms with E-state index >= 15 is 0 Å². The first kappa shape index (κ1) is 13.6. The number of hydrogen-bond acceptors (Lipinski definition) is 1. The first-order valence-electron chi connectivity index (χ1n) is 7.46. The Kier molecular flexibility index (Phi) is 4.45. The summed E-state index contributed by atoms with van der Waals surface area (Å²) in [5.74, 6) is 0.685. The quantitative estimate of drug-likeness (QED) is 0.800. The molecule has 1 N–H and O–H groups in total. The van der Waals surface area contributed by atoms with Gasteiger partial charge in [-0.2, -0.15) is 0 Å². The average Bonchev–Trinajstić information content (AvgIpc) is 2.70. The fourth-order valence-corrected chi connectivity index (χ4v) is 3.30. The van der Waals surface area contributed by atoms with E-state index in [0.29, 0.717) is 5.92 Å². The number of rotatable bonds is 6. The van der Waals surface area contributed by atoms with E-state index in [1.807, 2.05) is 0 Å². The van der Waals surface area contributed by atoms with Crippen LogP contribution in [0.2, 0.25) is 0 Å². The molecule has 1 aromatic rings. The Morgan fingerprint density at radius 1 is 1.17 bits per heavy atom. The normalized spacial score (nSPS) is 18.6. The molecule has 0 saturated heterocycles. The van der Waals surface area contributed by atoms with Crippen LogP contribution in [-0.4, -0.2) is 10.7 Å². The molecule has 1 unspecified atom stereocenters. The van der Waals surface area contributed by atoms with Gasteiger partial charge in [-0.25, -0.2) is 0 Å². The lowest BCUT2D eigenvalue weighted by Crippen LogP contribution is -2.32. The van der Waals surface area contributed by atoms with Gasteiger partial charge < -0.3 is 5.11 Å². The van der Waals surface area contributed by atoms with Gasteiger partial charge in [-0.3, -0.25) is 0 Å². The summed E-state index contributed by atoms with van der Waals surface area (Å²) in [6.07, 6.45) is 7.69. The molecule has 0 spiro atoms. The zero-order valence-electron chi connectivity index (χ0n) is 11.8. The first-order valence-corrected chi connectivity index (χ1v) is 7.46. The van der Waals surface area contributed by atoms with Crippen LogP contribution in [0.15, 0.2) is 24.3 Å². The van der Waals surface area contributed by atoms with Gasteiger partial charge in [0.05, 0.1) is 5.60 Å². The predicted molar refractivity (Wildman–Crippen MR) is 76.7 cm³/mol. The van der Waals surface area contributed by atoms with E-state index in [1.54, 1.807) is 0 Å². The van der Waals surface area contributed by atoms with Crippen molar-refractivity contribution in [2.45, 2.75) is 64.4 Å². The second-order valence-electron chi connectivity index (χ2n) is 5.97. The van der Waals surface area contributed by atoms with Crippen molar-refractivity contribution in [3.8, 4) is 0 Å². The minimum Gasteiger partial charge on any atom is -0.389 e. The van der Waals surface area contributed by atoms with Gasteiger partial charge in [-0.1, -0.05) is 63.8 Å². The molecule has 100 valence electrons. The van der Waals surface area contributed by atoms with Gasteiger partial charge in [-0.15, -0.1) is 0 Å². The van der Waals surface area contributed by atoms with Crippen LogP contribution in [0.4, 0.5) is 0 Å². The van der Waals surface area contributed by atoms with E-state index < -0.39 is 5.60 Å². The summed E-state index contributed by atoms with van der Waals surface area (Å²) in [5.41, 5.74) is 2.23. The molecule has 0 aromatic heterocycles. The van der Waals surface area contributed by atoms with E-state index in [-0.39, 0.29) is 0 Å². The van der Waals surface area contributed by atoms with Gasteiger partial charge in [0.15, 0.2) is 0 Å². The molecule has 1 atom stereocenters. The van der Waals surface area contributed by atoms with Crippen molar-refractivity contribution in [3.63, 3.8) is 0 Å². The van der Waals surface area contributed by atoms with Crippen LogP contribution in [0.5, 0.6) is 0 Å². The average molecular weight is 246 g/mol. The van der Waals surface area contributed by atoms with Crippen molar-refractivity contribution in [2.24, 2.45) is 5.92 Å².